The summed E-state index contributed by atoms with van der Waals surface area (Å²) < 4.78 is 7.58. The van der Waals surface area contributed by atoms with Crippen molar-refractivity contribution in [3.63, 3.8) is 0 Å². The van der Waals surface area contributed by atoms with Crippen LogP contribution in [0.5, 0.6) is 0 Å². The molecule has 1 aromatic carbocycles. The first-order valence-electron chi connectivity index (χ1n) is 6.07. The lowest BCUT2D eigenvalue weighted by molar-refractivity contribution is 0.0299. The SMILES string of the molecule is CC1COCCC1n1c(Cl)nc2ccc(Cl)cc21. The summed E-state index contributed by atoms with van der Waals surface area (Å²) in [6.45, 7) is 3.71. The van der Waals surface area contributed by atoms with Gasteiger partial charge in [-0.05, 0) is 36.2 Å². The fourth-order valence-electron chi connectivity index (χ4n) is 2.60. The standard InChI is InChI=1S/C13H14Cl2N2O/c1-8-7-18-5-4-11(8)17-12-6-9(14)2-3-10(12)16-13(17)15/h2-3,6,8,11H,4-5,7H2,1H3. The molecule has 2 unspecified atom stereocenters. The molecule has 5 heteroatoms. The average molecular weight is 285 g/mol. The Balaban J connectivity index is 2.14. The molecule has 0 aliphatic carbocycles. The Morgan fingerprint density at radius 1 is 1.39 bits per heavy atom. The summed E-state index contributed by atoms with van der Waals surface area (Å²) in [5.74, 6) is 0.424. The van der Waals surface area contributed by atoms with Crippen LogP contribution in [0.2, 0.25) is 10.3 Å². The number of aromatic nitrogens is 2. The molecule has 1 fully saturated rings. The topological polar surface area (TPSA) is 27.1 Å². The van der Waals surface area contributed by atoms with E-state index in [4.69, 9.17) is 27.9 Å². The fourth-order valence-corrected chi connectivity index (χ4v) is 3.08. The Kier molecular flexibility index (Phi) is 3.22. The Morgan fingerprint density at radius 2 is 2.22 bits per heavy atom. The molecule has 2 atom stereocenters. The van der Waals surface area contributed by atoms with Crippen LogP contribution in [0.3, 0.4) is 0 Å². The van der Waals surface area contributed by atoms with E-state index in [1.165, 1.54) is 0 Å². The molecule has 0 amide bonds. The Labute approximate surface area is 116 Å². The normalized spacial score (nSPS) is 24.6. The van der Waals surface area contributed by atoms with Crippen LogP contribution in [-0.4, -0.2) is 22.8 Å². The van der Waals surface area contributed by atoms with Crippen molar-refractivity contribution in [1.82, 2.24) is 9.55 Å². The van der Waals surface area contributed by atoms with Crippen LogP contribution in [0.1, 0.15) is 19.4 Å². The van der Waals surface area contributed by atoms with Crippen LogP contribution in [0.15, 0.2) is 18.2 Å². The van der Waals surface area contributed by atoms with Gasteiger partial charge in [-0.25, -0.2) is 4.98 Å². The van der Waals surface area contributed by atoms with Crippen LogP contribution in [0.25, 0.3) is 11.0 Å². The minimum absolute atomic E-state index is 0.328. The fraction of sp³-hybridized carbons (Fsp3) is 0.462. The molecule has 1 aromatic heterocycles. The van der Waals surface area contributed by atoms with Gasteiger partial charge in [-0.1, -0.05) is 18.5 Å². The van der Waals surface area contributed by atoms with Gasteiger partial charge in [0, 0.05) is 23.6 Å². The number of ether oxygens (including phenoxy) is 1. The van der Waals surface area contributed by atoms with Crippen molar-refractivity contribution in [2.24, 2.45) is 5.92 Å². The number of imidazole rings is 1. The first-order valence-corrected chi connectivity index (χ1v) is 6.83. The summed E-state index contributed by atoms with van der Waals surface area (Å²) in [7, 11) is 0. The second kappa shape index (κ2) is 4.72. The highest BCUT2D eigenvalue weighted by Crippen LogP contribution is 2.34. The molecule has 1 saturated heterocycles. The van der Waals surface area contributed by atoms with Crippen molar-refractivity contribution in [2.45, 2.75) is 19.4 Å². The number of halogens is 2. The molecule has 0 N–H and O–H groups in total. The van der Waals surface area contributed by atoms with E-state index >= 15 is 0 Å². The summed E-state index contributed by atoms with van der Waals surface area (Å²) in [5, 5.41) is 1.24. The quantitative estimate of drug-likeness (QED) is 0.793. The number of hydrogen-bond donors (Lipinski definition) is 0. The molecule has 0 saturated carbocycles. The van der Waals surface area contributed by atoms with E-state index in [0.29, 0.717) is 22.3 Å². The second-order valence-electron chi connectivity index (χ2n) is 4.79. The maximum Gasteiger partial charge on any atom is 0.204 e. The van der Waals surface area contributed by atoms with Gasteiger partial charge in [-0.2, -0.15) is 0 Å². The summed E-state index contributed by atoms with van der Waals surface area (Å²) >= 11 is 12.4. The summed E-state index contributed by atoms with van der Waals surface area (Å²) in [6.07, 6.45) is 0.957. The van der Waals surface area contributed by atoms with E-state index in [1.54, 1.807) is 0 Å². The molecular formula is C13H14Cl2N2O. The molecule has 0 radical (unpaired) electrons. The van der Waals surface area contributed by atoms with Crippen LogP contribution >= 0.6 is 23.2 Å². The van der Waals surface area contributed by atoms with Gasteiger partial charge in [0.05, 0.1) is 17.6 Å². The van der Waals surface area contributed by atoms with Gasteiger partial charge in [-0.3, -0.25) is 0 Å². The third-order valence-electron chi connectivity index (χ3n) is 3.54. The molecule has 2 heterocycles. The number of benzene rings is 1. The molecule has 1 aliphatic rings. The minimum atomic E-state index is 0.328. The van der Waals surface area contributed by atoms with Gasteiger partial charge in [0.25, 0.3) is 0 Å². The summed E-state index contributed by atoms with van der Waals surface area (Å²) in [4.78, 5) is 4.39. The van der Waals surface area contributed by atoms with E-state index in [0.717, 1.165) is 30.7 Å². The van der Waals surface area contributed by atoms with Gasteiger partial charge in [-0.15, -0.1) is 0 Å². The largest absolute Gasteiger partial charge is 0.381 e. The van der Waals surface area contributed by atoms with E-state index in [2.05, 4.69) is 16.5 Å². The number of hydrogen-bond acceptors (Lipinski definition) is 2. The van der Waals surface area contributed by atoms with E-state index in [-0.39, 0.29) is 0 Å². The van der Waals surface area contributed by atoms with Gasteiger partial charge < -0.3 is 9.30 Å². The zero-order chi connectivity index (χ0) is 12.7. The average Bonchev–Trinajstić information content (AvgIpc) is 2.66. The monoisotopic (exact) mass is 284 g/mol. The molecule has 3 rings (SSSR count). The van der Waals surface area contributed by atoms with Crippen LogP contribution in [-0.2, 0) is 4.74 Å². The predicted molar refractivity (Wildman–Crippen MR) is 73.4 cm³/mol. The molecule has 3 nitrogen and oxygen atoms in total. The summed E-state index contributed by atoms with van der Waals surface area (Å²) in [6, 6.07) is 6.00. The lowest BCUT2D eigenvalue weighted by Gasteiger charge is -2.30. The zero-order valence-electron chi connectivity index (χ0n) is 10.1. The maximum atomic E-state index is 6.29. The van der Waals surface area contributed by atoms with Crippen molar-refractivity contribution in [2.75, 3.05) is 13.2 Å². The minimum Gasteiger partial charge on any atom is -0.381 e. The van der Waals surface area contributed by atoms with Crippen molar-refractivity contribution in [3.8, 4) is 0 Å². The first kappa shape index (κ1) is 12.3. The molecule has 0 spiro atoms. The van der Waals surface area contributed by atoms with Crippen LogP contribution < -0.4 is 0 Å². The van der Waals surface area contributed by atoms with E-state index in [1.807, 2.05) is 18.2 Å². The number of nitrogens with zero attached hydrogens (tertiary/aromatic N) is 2. The third-order valence-corrected chi connectivity index (χ3v) is 4.04. The maximum absolute atomic E-state index is 6.29. The molecule has 0 bridgehead atoms. The highest BCUT2D eigenvalue weighted by molar-refractivity contribution is 6.31. The Bertz CT molecular complexity index is 582. The molecular weight excluding hydrogens is 271 g/mol. The van der Waals surface area contributed by atoms with Crippen LogP contribution in [0, 0.1) is 5.92 Å². The van der Waals surface area contributed by atoms with Gasteiger partial charge >= 0.3 is 0 Å². The zero-order valence-corrected chi connectivity index (χ0v) is 11.6. The van der Waals surface area contributed by atoms with Gasteiger partial charge in [0.1, 0.15) is 0 Å². The predicted octanol–water partition coefficient (Wildman–Crippen LogP) is 3.94. The Morgan fingerprint density at radius 3 is 3.00 bits per heavy atom. The molecule has 1 aliphatic heterocycles. The van der Waals surface area contributed by atoms with Crippen LogP contribution in [0.4, 0.5) is 0 Å². The second-order valence-corrected chi connectivity index (χ2v) is 5.57. The molecule has 2 aromatic rings. The number of rotatable bonds is 1. The molecule has 18 heavy (non-hydrogen) atoms. The van der Waals surface area contributed by atoms with Gasteiger partial charge in [0.15, 0.2) is 0 Å². The third kappa shape index (κ3) is 2.00. The lowest BCUT2D eigenvalue weighted by atomic mass is 9.97. The lowest BCUT2D eigenvalue weighted by Crippen LogP contribution is -2.28. The highest BCUT2D eigenvalue weighted by atomic mass is 35.5. The van der Waals surface area contributed by atoms with E-state index in [9.17, 15) is 0 Å². The van der Waals surface area contributed by atoms with Crippen molar-refractivity contribution >= 4 is 34.2 Å². The first-order chi connectivity index (χ1) is 8.66. The molecule has 96 valence electrons. The smallest absolute Gasteiger partial charge is 0.204 e. The van der Waals surface area contributed by atoms with Gasteiger partial charge in [0.2, 0.25) is 5.28 Å². The Hall–Kier alpha value is -0.770. The highest BCUT2D eigenvalue weighted by Gasteiger charge is 2.26. The number of fused-ring (bicyclic) bond motifs is 1. The van der Waals surface area contributed by atoms with Crippen molar-refractivity contribution in [1.29, 1.82) is 0 Å². The van der Waals surface area contributed by atoms with Crippen molar-refractivity contribution < 1.29 is 4.74 Å². The summed E-state index contributed by atoms with van der Waals surface area (Å²) in [5.41, 5.74) is 1.90. The van der Waals surface area contributed by atoms with Crippen molar-refractivity contribution in [3.05, 3.63) is 28.5 Å². The van der Waals surface area contributed by atoms with E-state index < -0.39 is 0 Å².